The van der Waals surface area contributed by atoms with Crippen molar-refractivity contribution in [3.8, 4) is 0 Å². The molecule has 0 spiro atoms. The number of nitrogens with two attached hydrogens (primary N) is 1. The largest absolute Gasteiger partial charge is 0.328 e. The molecule has 180 valence electrons. The zero-order chi connectivity index (χ0) is 22.0. The molecule has 1 unspecified atom stereocenters. The van der Waals surface area contributed by atoms with E-state index in [2.05, 4.69) is 26.0 Å². The molecule has 1 nitrogen and oxygen atoms in total. The summed E-state index contributed by atoms with van der Waals surface area (Å²) in [6.07, 6.45) is 38.0. The quantitative estimate of drug-likeness (QED) is 0.115. The summed E-state index contributed by atoms with van der Waals surface area (Å²) in [6.45, 7) is 4.58. The molecule has 2 N–H and O–H groups in total. The Balaban J connectivity index is 3.18. The minimum Gasteiger partial charge on any atom is -0.328 e. The fraction of sp³-hybridized carbons (Fsp3) is 0.931. The standard InChI is InChI=1S/C29H59N/c1-3-5-7-9-11-12-13-14-15-16-17-18-19-20-22-24-26-28-29(30)27-25-23-21-10-8-6-4-2/h17-18,29H,3-16,19-28,30H2,1-2H3/b18-17+. The van der Waals surface area contributed by atoms with Crippen LogP contribution in [0.1, 0.15) is 168 Å². The van der Waals surface area contributed by atoms with Gasteiger partial charge in [-0.1, -0.05) is 142 Å². The predicted molar refractivity (Wildman–Crippen MR) is 139 cm³/mol. The molecule has 0 aliphatic rings. The fourth-order valence-electron chi connectivity index (χ4n) is 4.34. The monoisotopic (exact) mass is 421 g/mol. The van der Waals surface area contributed by atoms with Crippen molar-refractivity contribution < 1.29 is 0 Å². The van der Waals surface area contributed by atoms with Crippen LogP contribution in [0.15, 0.2) is 12.2 Å². The molecule has 1 heteroatoms. The topological polar surface area (TPSA) is 26.0 Å². The van der Waals surface area contributed by atoms with Crippen molar-refractivity contribution >= 4 is 0 Å². The fourth-order valence-corrected chi connectivity index (χ4v) is 4.34. The molecule has 0 fully saturated rings. The predicted octanol–water partition coefficient (Wildman–Crippen LogP) is 10.3. The van der Waals surface area contributed by atoms with Gasteiger partial charge in [0.05, 0.1) is 0 Å². The van der Waals surface area contributed by atoms with Gasteiger partial charge in [-0.2, -0.15) is 0 Å². The highest BCUT2D eigenvalue weighted by Crippen LogP contribution is 2.14. The van der Waals surface area contributed by atoms with E-state index in [1.165, 1.54) is 154 Å². The van der Waals surface area contributed by atoms with Gasteiger partial charge < -0.3 is 5.73 Å². The highest BCUT2D eigenvalue weighted by molar-refractivity contribution is 4.81. The summed E-state index contributed by atoms with van der Waals surface area (Å²) in [5.41, 5.74) is 6.29. The third-order valence-electron chi connectivity index (χ3n) is 6.52. The number of unbranched alkanes of at least 4 members (excludes halogenated alkanes) is 19. The Bertz CT molecular complexity index is 322. The van der Waals surface area contributed by atoms with Crippen molar-refractivity contribution in [1.29, 1.82) is 0 Å². The lowest BCUT2D eigenvalue weighted by atomic mass is 10.0. The summed E-state index contributed by atoms with van der Waals surface area (Å²) in [6, 6.07) is 0.455. The number of hydrogen-bond donors (Lipinski definition) is 1. The summed E-state index contributed by atoms with van der Waals surface area (Å²) < 4.78 is 0. The first-order valence-corrected chi connectivity index (χ1v) is 14.2. The lowest BCUT2D eigenvalue weighted by Crippen LogP contribution is -2.19. The molecule has 0 aromatic carbocycles. The molecule has 30 heavy (non-hydrogen) atoms. The molecule has 1 atom stereocenters. The van der Waals surface area contributed by atoms with E-state index in [-0.39, 0.29) is 0 Å². The molecule has 0 aromatic rings. The van der Waals surface area contributed by atoms with Crippen LogP contribution in [-0.2, 0) is 0 Å². The lowest BCUT2D eigenvalue weighted by molar-refractivity contribution is 0.485. The molecule has 0 amide bonds. The Labute approximate surface area is 192 Å². The van der Waals surface area contributed by atoms with Crippen LogP contribution in [0.25, 0.3) is 0 Å². The van der Waals surface area contributed by atoms with Crippen molar-refractivity contribution in [2.24, 2.45) is 5.73 Å². The van der Waals surface area contributed by atoms with Gasteiger partial charge in [-0.3, -0.25) is 0 Å². The summed E-state index contributed by atoms with van der Waals surface area (Å²) in [4.78, 5) is 0. The second-order valence-corrected chi connectivity index (χ2v) is 9.75. The SMILES string of the molecule is CCCCCCCCCCC/C=C/CCCCCCC(N)CCCCCCCCC. The molecule has 0 bridgehead atoms. The van der Waals surface area contributed by atoms with Gasteiger partial charge in [0, 0.05) is 6.04 Å². The number of allylic oxidation sites excluding steroid dienone is 2. The Morgan fingerprint density at radius 2 is 0.733 bits per heavy atom. The average molecular weight is 422 g/mol. The first-order valence-electron chi connectivity index (χ1n) is 14.2. The second kappa shape index (κ2) is 26.7. The second-order valence-electron chi connectivity index (χ2n) is 9.75. The van der Waals surface area contributed by atoms with Crippen molar-refractivity contribution in [2.75, 3.05) is 0 Å². The zero-order valence-electron chi connectivity index (χ0n) is 21.3. The van der Waals surface area contributed by atoms with Crippen LogP contribution in [0.2, 0.25) is 0 Å². The average Bonchev–Trinajstić information content (AvgIpc) is 2.75. The van der Waals surface area contributed by atoms with E-state index < -0.39 is 0 Å². The summed E-state index contributed by atoms with van der Waals surface area (Å²) in [5, 5.41) is 0. The van der Waals surface area contributed by atoms with Crippen LogP contribution >= 0.6 is 0 Å². The van der Waals surface area contributed by atoms with Crippen LogP contribution in [0.3, 0.4) is 0 Å². The molecule has 0 saturated carbocycles. The summed E-state index contributed by atoms with van der Waals surface area (Å²) >= 11 is 0. The zero-order valence-corrected chi connectivity index (χ0v) is 21.3. The normalized spacial score (nSPS) is 12.8. The van der Waals surface area contributed by atoms with Crippen molar-refractivity contribution in [3.63, 3.8) is 0 Å². The van der Waals surface area contributed by atoms with E-state index >= 15 is 0 Å². The van der Waals surface area contributed by atoms with E-state index in [0.29, 0.717) is 6.04 Å². The summed E-state index contributed by atoms with van der Waals surface area (Å²) in [7, 11) is 0. The molecule has 0 aliphatic carbocycles. The van der Waals surface area contributed by atoms with Gasteiger partial charge in [-0.05, 0) is 38.5 Å². The van der Waals surface area contributed by atoms with Crippen LogP contribution in [0.5, 0.6) is 0 Å². The van der Waals surface area contributed by atoms with Crippen LogP contribution < -0.4 is 5.73 Å². The molecule has 0 radical (unpaired) electrons. The Hall–Kier alpha value is -0.300. The van der Waals surface area contributed by atoms with Crippen LogP contribution in [-0.4, -0.2) is 6.04 Å². The molecule has 0 saturated heterocycles. The molecular formula is C29H59N. The maximum atomic E-state index is 6.29. The van der Waals surface area contributed by atoms with Gasteiger partial charge in [0.15, 0.2) is 0 Å². The van der Waals surface area contributed by atoms with Crippen LogP contribution in [0, 0.1) is 0 Å². The molecule has 0 heterocycles. The third-order valence-corrected chi connectivity index (χ3v) is 6.52. The maximum Gasteiger partial charge on any atom is 0.00388 e. The van der Waals surface area contributed by atoms with Crippen molar-refractivity contribution in [1.82, 2.24) is 0 Å². The Morgan fingerprint density at radius 1 is 0.433 bits per heavy atom. The Morgan fingerprint density at radius 3 is 1.10 bits per heavy atom. The maximum absolute atomic E-state index is 6.29. The molecule has 0 rings (SSSR count). The van der Waals surface area contributed by atoms with Crippen LogP contribution in [0.4, 0.5) is 0 Å². The van der Waals surface area contributed by atoms with Crippen molar-refractivity contribution in [2.45, 2.75) is 174 Å². The first-order chi connectivity index (χ1) is 14.8. The van der Waals surface area contributed by atoms with E-state index in [4.69, 9.17) is 5.73 Å². The molecular weight excluding hydrogens is 362 g/mol. The molecule has 0 aromatic heterocycles. The highest BCUT2D eigenvalue weighted by atomic mass is 14.6. The minimum absolute atomic E-state index is 0.455. The van der Waals surface area contributed by atoms with Gasteiger partial charge in [0.1, 0.15) is 0 Å². The Kier molecular flexibility index (Phi) is 26.5. The lowest BCUT2D eigenvalue weighted by Gasteiger charge is -2.11. The van der Waals surface area contributed by atoms with Gasteiger partial charge >= 0.3 is 0 Å². The van der Waals surface area contributed by atoms with E-state index in [9.17, 15) is 0 Å². The van der Waals surface area contributed by atoms with Gasteiger partial charge in [0.25, 0.3) is 0 Å². The van der Waals surface area contributed by atoms with Gasteiger partial charge in [-0.15, -0.1) is 0 Å². The number of hydrogen-bond acceptors (Lipinski definition) is 1. The van der Waals surface area contributed by atoms with Gasteiger partial charge in [0.2, 0.25) is 0 Å². The van der Waals surface area contributed by atoms with Gasteiger partial charge in [-0.25, -0.2) is 0 Å². The van der Waals surface area contributed by atoms with Crippen molar-refractivity contribution in [3.05, 3.63) is 12.2 Å². The van der Waals surface area contributed by atoms with E-state index in [0.717, 1.165) is 0 Å². The smallest absolute Gasteiger partial charge is 0.00388 e. The van der Waals surface area contributed by atoms with E-state index in [1.54, 1.807) is 0 Å². The first kappa shape index (κ1) is 29.7. The van der Waals surface area contributed by atoms with E-state index in [1.807, 2.05) is 0 Å². The summed E-state index contributed by atoms with van der Waals surface area (Å²) in [5.74, 6) is 0. The third kappa shape index (κ3) is 25.7. The highest BCUT2D eigenvalue weighted by Gasteiger charge is 2.02. The molecule has 0 aliphatic heterocycles. The minimum atomic E-state index is 0.455. The number of rotatable bonds is 25.